The van der Waals surface area contributed by atoms with Gasteiger partial charge in [-0.15, -0.1) is 12.4 Å². The van der Waals surface area contributed by atoms with Crippen LogP contribution < -0.4 is 9.47 Å². The van der Waals surface area contributed by atoms with E-state index >= 15 is 0 Å². The van der Waals surface area contributed by atoms with E-state index in [4.69, 9.17) is 14.2 Å². The molecule has 2 rings (SSSR count). The lowest BCUT2D eigenvalue weighted by Gasteiger charge is -2.38. The predicted octanol–water partition coefficient (Wildman–Crippen LogP) is 3.61. The third-order valence-electron chi connectivity index (χ3n) is 5.10. The van der Waals surface area contributed by atoms with Gasteiger partial charge in [-0.3, -0.25) is 4.90 Å². The molecule has 0 spiro atoms. The molecule has 0 aliphatic carbocycles. The highest BCUT2D eigenvalue weighted by molar-refractivity contribution is 5.85. The number of hydrogen-bond acceptors (Lipinski definition) is 5. The van der Waals surface area contributed by atoms with Gasteiger partial charge in [0.25, 0.3) is 0 Å². The number of nitrogens with zero attached hydrogens (tertiary/aromatic N) is 2. The summed E-state index contributed by atoms with van der Waals surface area (Å²) in [4.78, 5) is 16.6. The van der Waals surface area contributed by atoms with E-state index in [2.05, 4.69) is 18.7 Å². The van der Waals surface area contributed by atoms with Crippen LogP contribution in [0.1, 0.15) is 32.3 Å². The second kappa shape index (κ2) is 11.9. The van der Waals surface area contributed by atoms with Gasteiger partial charge in [-0.1, -0.05) is 19.9 Å². The van der Waals surface area contributed by atoms with Gasteiger partial charge in [0.15, 0.2) is 11.5 Å². The summed E-state index contributed by atoms with van der Waals surface area (Å²) in [6.45, 7) is 8.15. The lowest BCUT2D eigenvalue weighted by atomic mass is 10.1. The third kappa shape index (κ3) is 6.47. The van der Waals surface area contributed by atoms with E-state index in [-0.39, 0.29) is 18.5 Å². The fourth-order valence-corrected chi connectivity index (χ4v) is 3.46. The number of benzene rings is 1. The van der Waals surface area contributed by atoms with Crippen LogP contribution in [-0.4, -0.2) is 68.9 Å². The number of ether oxygens (including phenoxy) is 3. The van der Waals surface area contributed by atoms with Crippen molar-refractivity contribution in [1.29, 1.82) is 0 Å². The molecule has 1 amide bonds. The summed E-state index contributed by atoms with van der Waals surface area (Å²) in [6.07, 6.45) is 2.76. The Hall–Kier alpha value is -1.66. The van der Waals surface area contributed by atoms with Crippen molar-refractivity contribution in [2.75, 3.05) is 47.0 Å². The van der Waals surface area contributed by atoms with Gasteiger partial charge in [0.2, 0.25) is 0 Å². The van der Waals surface area contributed by atoms with Gasteiger partial charge in [-0.05, 0) is 30.5 Å². The molecular formula is C20H33ClN2O4. The van der Waals surface area contributed by atoms with Crippen LogP contribution in [0.15, 0.2) is 18.2 Å². The Labute approximate surface area is 169 Å². The number of hydrogen-bond donors (Lipinski definition) is 0. The summed E-state index contributed by atoms with van der Waals surface area (Å²) in [5, 5.41) is 0. The average Bonchev–Trinajstić information content (AvgIpc) is 2.69. The lowest BCUT2D eigenvalue weighted by Crippen LogP contribution is -2.51. The number of piperazine rings is 1. The molecule has 6 nitrogen and oxygen atoms in total. The molecule has 1 aromatic carbocycles. The summed E-state index contributed by atoms with van der Waals surface area (Å²) >= 11 is 0. The SMILES string of the molecule is CCC(CC)N1CCN(C(=O)OCCc2ccc(OC)c(OC)c2)CC1.Cl. The van der Waals surface area contributed by atoms with Crippen LogP contribution in [0, 0.1) is 0 Å². The fourth-order valence-electron chi connectivity index (χ4n) is 3.46. The summed E-state index contributed by atoms with van der Waals surface area (Å²) < 4.78 is 16.0. The van der Waals surface area contributed by atoms with Crippen LogP contribution in [0.25, 0.3) is 0 Å². The largest absolute Gasteiger partial charge is 0.493 e. The van der Waals surface area contributed by atoms with E-state index in [1.807, 2.05) is 23.1 Å². The normalized spacial score (nSPS) is 14.6. The monoisotopic (exact) mass is 400 g/mol. The van der Waals surface area contributed by atoms with Crippen molar-refractivity contribution in [2.45, 2.75) is 39.2 Å². The zero-order valence-electron chi connectivity index (χ0n) is 16.9. The highest BCUT2D eigenvalue weighted by Gasteiger charge is 2.25. The Balaban J connectivity index is 0.00000364. The van der Waals surface area contributed by atoms with Gasteiger partial charge in [-0.2, -0.15) is 0 Å². The molecule has 1 aliphatic heterocycles. The molecule has 1 fully saturated rings. The van der Waals surface area contributed by atoms with E-state index in [0.29, 0.717) is 30.6 Å². The van der Waals surface area contributed by atoms with Crippen molar-refractivity contribution < 1.29 is 19.0 Å². The second-order valence-corrected chi connectivity index (χ2v) is 6.55. The quantitative estimate of drug-likeness (QED) is 0.667. The molecule has 1 aliphatic rings. The maximum atomic E-state index is 12.3. The van der Waals surface area contributed by atoms with Crippen molar-refractivity contribution in [2.24, 2.45) is 0 Å². The van der Waals surface area contributed by atoms with Crippen molar-refractivity contribution in [3.8, 4) is 11.5 Å². The Kier molecular flexibility index (Phi) is 10.3. The molecule has 0 N–H and O–H groups in total. The van der Waals surface area contributed by atoms with Gasteiger partial charge in [0, 0.05) is 38.6 Å². The van der Waals surface area contributed by atoms with Crippen molar-refractivity contribution in [3.05, 3.63) is 23.8 Å². The molecule has 1 aromatic rings. The molecule has 27 heavy (non-hydrogen) atoms. The molecule has 154 valence electrons. The Bertz CT molecular complexity index is 573. The van der Waals surface area contributed by atoms with Gasteiger partial charge in [0.05, 0.1) is 20.8 Å². The number of amides is 1. The minimum Gasteiger partial charge on any atom is -0.493 e. The molecule has 7 heteroatoms. The molecule has 1 heterocycles. The molecule has 0 saturated carbocycles. The number of carbonyl (C=O) groups excluding carboxylic acids is 1. The van der Waals surface area contributed by atoms with Crippen LogP contribution >= 0.6 is 12.4 Å². The Morgan fingerprint density at radius 3 is 2.22 bits per heavy atom. The lowest BCUT2D eigenvalue weighted by molar-refractivity contribution is 0.0624. The molecular weight excluding hydrogens is 368 g/mol. The van der Waals surface area contributed by atoms with E-state index in [9.17, 15) is 4.79 Å². The van der Waals surface area contributed by atoms with E-state index in [0.717, 1.165) is 44.6 Å². The van der Waals surface area contributed by atoms with Crippen LogP contribution in [0.4, 0.5) is 4.79 Å². The first-order valence-corrected chi connectivity index (χ1v) is 9.49. The summed E-state index contributed by atoms with van der Waals surface area (Å²) in [5.74, 6) is 1.39. The number of rotatable bonds is 8. The zero-order valence-corrected chi connectivity index (χ0v) is 17.7. The van der Waals surface area contributed by atoms with E-state index in [1.54, 1.807) is 14.2 Å². The van der Waals surface area contributed by atoms with E-state index < -0.39 is 0 Å². The van der Waals surface area contributed by atoms with Crippen LogP contribution in [0.3, 0.4) is 0 Å². The van der Waals surface area contributed by atoms with Crippen molar-refractivity contribution in [1.82, 2.24) is 9.80 Å². The molecule has 0 unspecified atom stereocenters. The minimum atomic E-state index is -0.213. The van der Waals surface area contributed by atoms with Crippen molar-refractivity contribution >= 4 is 18.5 Å². The first-order chi connectivity index (χ1) is 12.6. The smallest absolute Gasteiger partial charge is 0.409 e. The topological polar surface area (TPSA) is 51.2 Å². The fraction of sp³-hybridized carbons (Fsp3) is 0.650. The van der Waals surface area contributed by atoms with Gasteiger partial charge < -0.3 is 19.1 Å². The standard InChI is InChI=1S/C20H32N2O4.ClH/c1-5-17(6-2)21-10-12-22(13-11-21)20(23)26-14-9-16-7-8-18(24-3)19(15-16)25-4;/h7-8,15,17H,5-6,9-14H2,1-4H3;1H. The highest BCUT2D eigenvalue weighted by Crippen LogP contribution is 2.27. The molecule has 0 bridgehead atoms. The minimum absolute atomic E-state index is 0. The molecule has 0 atom stereocenters. The van der Waals surface area contributed by atoms with Gasteiger partial charge in [0.1, 0.15) is 0 Å². The number of carbonyl (C=O) groups is 1. The van der Waals surface area contributed by atoms with Crippen LogP contribution in [0.5, 0.6) is 11.5 Å². The number of methoxy groups -OCH3 is 2. The van der Waals surface area contributed by atoms with Crippen LogP contribution in [-0.2, 0) is 11.2 Å². The summed E-state index contributed by atoms with van der Waals surface area (Å²) in [7, 11) is 3.23. The summed E-state index contributed by atoms with van der Waals surface area (Å²) in [6, 6.07) is 6.37. The average molecular weight is 401 g/mol. The highest BCUT2D eigenvalue weighted by atomic mass is 35.5. The second-order valence-electron chi connectivity index (χ2n) is 6.55. The first kappa shape index (κ1) is 23.4. The van der Waals surface area contributed by atoms with Gasteiger partial charge in [-0.25, -0.2) is 4.79 Å². The molecule has 0 radical (unpaired) electrons. The number of halogens is 1. The zero-order chi connectivity index (χ0) is 18.9. The molecule has 0 aromatic heterocycles. The third-order valence-corrected chi connectivity index (χ3v) is 5.10. The van der Waals surface area contributed by atoms with E-state index in [1.165, 1.54) is 0 Å². The van der Waals surface area contributed by atoms with Gasteiger partial charge >= 0.3 is 6.09 Å². The Morgan fingerprint density at radius 1 is 1.04 bits per heavy atom. The predicted molar refractivity (Wildman–Crippen MR) is 109 cm³/mol. The summed E-state index contributed by atoms with van der Waals surface area (Å²) in [5.41, 5.74) is 1.05. The molecule has 1 saturated heterocycles. The first-order valence-electron chi connectivity index (χ1n) is 9.49. The van der Waals surface area contributed by atoms with Crippen LogP contribution in [0.2, 0.25) is 0 Å². The van der Waals surface area contributed by atoms with Crippen molar-refractivity contribution in [3.63, 3.8) is 0 Å². The Morgan fingerprint density at radius 2 is 1.67 bits per heavy atom. The maximum absolute atomic E-state index is 12.3. The maximum Gasteiger partial charge on any atom is 0.409 e.